The number of carboxylic acids is 1. The molecule has 0 spiro atoms. The van der Waals surface area contributed by atoms with Gasteiger partial charge in [-0.2, -0.15) is 5.10 Å². The number of aromatic carboxylic acids is 1. The number of benzene rings is 1. The number of hydrogen-bond acceptors (Lipinski definition) is 6. The van der Waals surface area contributed by atoms with Crippen LogP contribution in [0.5, 0.6) is 0 Å². The van der Waals surface area contributed by atoms with Gasteiger partial charge in [-0.15, -0.1) is 0 Å². The minimum atomic E-state index is -1.04. The lowest BCUT2D eigenvalue weighted by Crippen LogP contribution is -2.50. The van der Waals surface area contributed by atoms with E-state index >= 15 is 0 Å². The fourth-order valence-corrected chi connectivity index (χ4v) is 5.60. The lowest BCUT2D eigenvalue weighted by atomic mass is 9.82. The summed E-state index contributed by atoms with van der Waals surface area (Å²) < 4.78 is 1.81. The van der Waals surface area contributed by atoms with Gasteiger partial charge in [0.1, 0.15) is 0 Å². The Bertz CT molecular complexity index is 1270. The first-order valence-electron chi connectivity index (χ1n) is 13.1. The molecule has 36 heavy (non-hydrogen) atoms. The normalized spacial score (nSPS) is 19.1. The van der Waals surface area contributed by atoms with Gasteiger partial charge in [0, 0.05) is 45.2 Å². The Morgan fingerprint density at radius 3 is 2.31 bits per heavy atom. The van der Waals surface area contributed by atoms with Crippen LogP contribution >= 0.6 is 0 Å². The summed E-state index contributed by atoms with van der Waals surface area (Å²) in [7, 11) is 0. The van der Waals surface area contributed by atoms with E-state index < -0.39 is 5.97 Å². The summed E-state index contributed by atoms with van der Waals surface area (Å²) in [5.41, 5.74) is 3.42. The van der Waals surface area contributed by atoms with E-state index in [1.54, 1.807) is 6.07 Å². The van der Waals surface area contributed by atoms with Crippen molar-refractivity contribution in [3.8, 4) is 5.69 Å². The van der Waals surface area contributed by atoms with Crippen molar-refractivity contribution in [3.05, 3.63) is 47.8 Å². The molecule has 9 nitrogen and oxygen atoms in total. The number of carbonyl (C=O) groups excluding carboxylic acids is 1. The van der Waals surface area contributed by atoms with Gasteiger partial charge < -0.3 is 14.9 Å². The smallest absolute Gasteiger partial charge is 0.354 e. The number of aromatic nitrogens is 3. The number of hydrogen-bond donors (Lipinski definition) is 1. The molecular weight excluding hydrogens is 456 g/mol. The molecule has 1 aromatic carbocycles. The van der Waals surface area contributed by atoms with E-state index in [9.17, 15) is 14.7 Å². The topological polar surface area (TPSA) is 94.8 Å². The summed E-state index contributed by atoms with van der Waals surface area (Å²) in [5.74, 6) is -0.455. The average molecular weight is 489 g/mol. The van der Waals surface area contributed by atoms with Crippen LogP contribution in [0.15, 0.2) is 36.4 Å². The Morgan fingerprint density at radius 1 is 0.944 bits per heavy atom. The third-order valence-corrected chi connectivity index (χ3v) is 7.89. The number of pyridine rings is 1. The number of nitrogens with zero attached hydrogens (tertiary/aromatic N) is 6. The van der Waals surface area contributed by atoms with E-state index in [4.69, 9.17) is 5.10 Å². The van der Waals surface area contributed by atoms with Crippen molar-refractivity contribution in [1.29, 1.82) is 0 Å². The van der Waals surface area contributed by atoms with Crippen molar-refractivity contribution in [2.45, 2.75) is 38.0 Å². The zero-order valence-electron chi connectivity index (χ0n) is 20.5. The second-order valence-corrected chi connectivity index (χ2v) is 10.1. The van der Waals surface area contributed by atoms with Gasteiger partial charge in [-0.05, 0) is 43.9 Å². The molecule has 0 radical (unpaired) electrons. The highest BCUT2D eigenvalue weighted by atomic mass is 16.4. The van der Waals surface area contributed by atoms with Gasteiger partial charge in [-0.25, -0.2) is 14.5 Å². The van der Waals surface area contributed by atoms with Crippen LogP contribution in [0.3, 0.4) is 0 Å². The number of fused-ring (bicyclic) bond motifs is 1. The molecule has 1 aliphatic carbocycles. The minimum absolute atomic E-state index is 0.0291. The molecule has 9 heteroatoms. The number of para-hydroxylation sites is 1. The number of carboxylic acid groups (broad SMARTS) is 1. The second-order valence-electron chi connectivity index (χ2n) is 10.1. The number of carbonyl (C=O) groups is 2. The van der Waals surface area contributed by atoms with Crippen LogP contribution in [0.2, 0.25) is 0 Å². The Morgan fingerprint density at radius 2 is 1.67 bits per heavy atom. The van der Waals surface area contributed by atoms with Crippen LogP contribution in [0.25, 0.3) is 16.7 Å². The zero-order valence-corrected chi connectivity index (χ0v) is 20.5. The second kappa shape index (κ2) is 9.54. The average Bonchev–Trinajstić information content (AvgIpc) is 3.53. The predicted molar refractivity (Wildman–Crippen MR) is 137 cm³/mol. The van der Waals surface area contributed by atoms with Crippen LogP contribution in [0.4, 0.5) is 5.69 Å². The largest absolute Gasteiger partial charge is 0.477 e. The first-order chi connectivity index (χ1) is 17.6. The first-order valence-corrected chi connectivity index (χ1v) is 13.1. The molecule has 4 heterocycles. The van der Waals surface area contributed by atoms with Gasteiger partial charge >= 0.3 is 5.97 Å². The van der Waals surface area contributed by atoms with Crippen LogP contribution in [-0.4, -0.2) is 87.4 Å². The zero-order chi connectivity index (χ0) is 24.6. The predicted octanol–water partition coefficient (Wildman–Crippen LogP) is 3.13. The lowest BCUT2D eigenvalue weighted by molar-refractivity contribution is -0.131. The standard InChI is InChI=1S/C27H32N6O3/c34-23(32-11-4-5-12-32)18-30-13-15-31(16-14-30)22-17-21(27(35)36)28-26-24(22)25(19-7-6-8-19)29-33(26)20-9-2-1-3-10-20/h1-3,9-10,17,19H,4-8,11-16,18H2,(H,35,36). The van der Waals surface area contributed by atoms with Crippen molar-refractivity contribution in [3.63, 3.8) is 0 Å². The summed E-state index contributed by atoms with van der Waals surface area (Å²) in [6.45, 7) is 5.19. The molecular formula is C27H32N6O3. The molecule has 1 saturated carbocycles. The molecule has 0 atom stereocenters. The van der Waals surface area contributed by atoms with Crippen molar-refractivity contribution < 1.29 is 14.7 Å². The van der Waals surface area contributed by atoms with Gasteiger partial charge in [-0.1, -0.05) is 24.6 Å². The highest BCUT2D eigenvalue weighted by molar-refractivity contribution is 5.98. The number of likely N-dealkylation sites (tertiary alicyclic amines) is 1. The van der Waals surface area contributed by atoms with E-state index in [0.29, 0.717) is 18.1 Å². The minimum Gasteiger partial charge on any atom is -0.477 e. The SMILES string of the molecule is O=C(O)c1cc(N2CCN(CC(=O)N3CCCC3)CC2)c2c(C3CCC3)nn(-c3ccccc3)c2n1. The van der Waals surface area contributed by atoms with Crippen LogP contribution in [0, 0.1) is 0 Å². The van der Waals surface area contributed by atoms with Crippen molar-refractivity contribution in [1.82, 2.24) is 24.6 Å². The fourth-order valence-electron chi connectivity index (χ4n) is 5.60. The van der Waals surface area contributed by atoms with Gasteiger partial charge in [0.2, 0.25) is 5.91 Å². The van der Waals surface area contributed by atoms with E-state index in [1.807, 2.05) is 39.9 Å². The van der Waals surface area contributed by atoms with E-state index in [0.717, 1.165) is 87.4 Å². The quantitative estimate of drug-likeness (QED) is 0.570. The van der Waals surface area contributed by atoms with Crippen molar-refractivity contribution >= 4 is 28.6 Å². The Balaban J connectivity index is 1.34. The third kappa shape index (κ3) is 4.21. The van der Waals surface area contributed by atoms with Gasteiger partial charge in [0.15, 0.2) is 11.3 Å². The van der Waals surface area contributed by atoms with E-state index in [1.165, 1.54) is 6.42 Å². The van der Waals surface area contributed by atoms with E-state index in [2.05, 4.69) is 14.8 Å². The molecule has 2 saturated heterocycles. The first kappa shape index (κ1) is 23.0. The van der Waals surface area contributed by atoms with E-state index in [-0.39, 0.29) is 11.6 Å². The summed E-state index contributed by atoms with van der Waals surface area (Å²) >= 11 is 0. The van der Waals surface area contributed by atoms with Crippen molar-refractivity contribution in [2.75, 3.05) is 50.7 Å². The Hall–Kier alpha value is -3.46. The number of rotatable bonds is 6. The molecule has 2 aliphatic heterocycles. The van der Waals surface area contributed by atoms with Crippen LogP contribution < -0.4 is 4.90 Å². The van der Waals surface area contributed by atoms with Gasteiger partial charge in [0.25, 0.3) is 0 Å². The summed E-state index contributed by atoms with van der Waals surface area (Å²) in [4.78, 5) is 35.7. The number of anilines is 1. The molecule has 1 N–H and O–H groups in total. The molecule has 188 valence electrons. The maximum Gasteiger partial charge on any atom is 0.354 e. The maximum absolute atomic E-state index is 12.6. The molecule has 3 aliphatic rings. The Kier molecular flexibility index (Phi) is 6.08. The molecule has 0 bridgehead atoms. The molecule has 1 amide bonds. The summed E-state index contributed by atoms with van der Waals surface area (Å²) in [5, 5.41) is 15.9. The monoisotopic (exact) mass is 488 g/mol. The number of amides is 1. The fraction of sp³-hybridized carbons (Fsp3) is 0.481. The van der Waals surface area contributed by atoms with Gasteiger partial charge in [0.05, 0.1) is 29.0 Å². The highest BCUT2D eigenvalue weighted by Crippen LogP contribution is 2.42. The van der Waals surface area contributed by atoms with Crippen LogP contribution in [0.1, 0.15) is 54.2 Å². The lowest BCUT2D eigenvalue weighted by Gasteiger charge is -2.37. The molecule has 3 fully saturated rings. The summed E-state index contributed by atoms with van der Waals surface area (Å²) in [6.07, 6.45) is 5.57. The van der Waals surface area contributed by atoms with Crippen LogP contribution in [-0.2, 0) is 4.79 Å². The third-order valence-electron chi connectivity index (χ3n) is 7.89. The molecule has 6 rings (SSSR count). The molecule has 2 aromatic heterocycles. The summed E-state index contributed by atoms with van der Waals surface area (Å²) in [6, 6.07) is 11.5. The van der Waals surface area contributed by atoms with Crippen molar-refractivity contribution in [2.24, 2.45) is 0 Å². The number of piperazine rings is 1. The maximum atomic E-state index is 12.6. The molecule has 3 aromatic rings. The highest BCUT2D eigenvalue weighted by Gasteiger charge is 2.31. The van der Waals surface area contributed by atoms with Gasteiger partial charge in [-0.3, -0.25) is 9.69 Å². The Labute approximate surface area is 210 Å². The molecule has 0 unspecified atom stereocenters.